The molecule has 3 heterocycles. The minimum Gasteiger partial charge on any atom is -0.381 e. The summed E-state index contributed by atoms with van der Waals surface area (Å²) in [5.74, 6) is -0.910. The average molecular weight is 528 g/mol. The van der Waals surface area contributed by atoms with E-state index >= 15 is 0 Å². The van der Waals surface area contributed by atoms with Gasteiger partial charge in [-0.05, 0) is 60.4 Å². The maximum atomic E-state index is 14.0. The monoisotopic (exact) mass is 527 g/mol. The molecule has 2 atom stereocenters. The van der Waals surface area contributed by atoms with E-state index in [9.17, 15) is 14.4 Å². The second-order valence-corrected chi connectivity index (χ2v) is 11.2. The molecule has 0 unspecified atom stereocenters. The van der Waals surface area contributed by atoms with Gasteiger partial charge in [-0.25, -0.2) is 0 Å². The molecule has 3 N–H and O–H groups in total. The number of aryl methyl sites for hydroxylation is 1. The van der Waals surface area contributed by atoms with Crippen molar-refractivity contribution in [3.8, 4) is 0 Å². The summed E-state index contributed by atoms with van der Waals surface area (Å²) in [5, 5.41) is 13.2. The summed E-state index contributed by atoms with van der Waals surface area (Å²) in [4.78, 5) is 40.3. The number of carbonyl (C=O) groups is 3. The highest BCUT2D eigenvalue weighted by molar-refractivity contribution is 6.07. The number of carbonyl (C=O) groups excluding carboxylic acids is 3. The van der Waals surface area contributed by atoms with Crippen molar-refractivity contribution >= 4 is 29.1 Å². The molecule has 1 saturated carbocycles. The van der Waals surface area contributed by atoms with Crippen molar-refractivity contribution in [2.24, 2.45) is 12.5 Å². The second-order valence-electron chi connectivity index (χ2n) is 11.2. The van der Waals surface area contributed by atoms with Crippen LogP contribution in [0.5, 0.6) is 0 Å². The van der Waals surface area contributed by atoms with E-state index in [1.807, 2.05) is 48.5 Å². The first-order chi connectivity index (χ1) is 18.8. The maximum absolute atomic E-state index is 14.0. The van der Waals surface area contributed by atoms with Crippen LogP contribution in [0.15, 0.2) is 60.8 Å². The first-order valence-electron chi connectivity index (χ1n) is 13.5. The normalized spacial score (nSPS) is 20.0. The molecule has 1 saturated heterocycles. The number of rotatable bonds is 7. The van der Waals surface area contributed by atoms with E-state index in [4.69, 9.17) is 4.74 Å². The molecule has 1 aromatic heterocycles. The third-order valence-corrected chi connectivity index (χ3v) is 8.74. The molecule has 1 aliphatic carbocycles. The van der Waals surface area contributed by atoms with Crippen LogP contribution in [0.3, 0.4) is 0 Å². The number of hydrogen-bond acceptors (Lipinski definition) is 5. The van der Waals surface area contributed by atoms with E-state index in [2.05, 4.69) is 28.0 Å². The SMILES string of the molecule is Cn1nccc1C(=O)N[C@H](C(=O)Nc1ccc2c(c1)NC(=O)C21CCOCC1)[C@H](c1ccccc1)C1(C)CC1. The van der Waals surface area contributed by atoms with Crippen molar-refractivity contribution in [1.82, 2.24) is 15.1 Å². The van der Waals surface area contributed by atoms with Crippen LogP contribution in [0, 0.1) is 5.41 Å². The third-order valence-electron chi connectivity index (χ3n) is 8.74. The Bertz CT molecular complexity index is 1420. The number of fused-ring (bicyclic) bond motifs is 2. The summed E-state index contributed by atoms with van der Waals surface area (Å²) in [5.41, 5.74) is 2.91. The molecule has 2 aromatic carbocycles. The highest BCUT2D eigenvalue weighted by Gasteiger charge is 2.51. The Hall–Kier alpha value is -3.98. The van der Waals surface area contributed by atoms with Crippen LogP contribution < -0.4 is 16.0 Å². The van der Waals surface area contributed by atoms with Crippen molar-refractivity contribution in [3.05, 3.63) is 77.6 Å². The van der Waals surface area contributed by atoms with Gasteiger partial charge in [-0.15, -0.1) is 0 Å². The lowest BCUT2D eigenvalue weighted by Gasteiger charge is -2.32. The standard InChI is InChI=1S/C30H33N5O4/c1-29(11-12-29)24(19-6-4-3-5-7-19)25(34-26(36)23-10-15-31-35(23)2)27(37)32-20-8-9-21-22(18-20)33-28(38)30(21)13-16-39-17-14-30/h3-10,15,18,24-25H,11-14,16-17H2,1-2H3,(H,32,37)(H,33,38)(H,34,36)/t24-,25-/m0/s1. The number of anilines is 2. The van der Waals surface area contributed by atoms with Gasteiger partial charge in [0.05, 0.1) is 5.41 Å². The zero-order valence-corrected chi connectivity index (χ0v) is 22.2. The van der Waals surface area contributed by atoms with Crippen LogP contribution >= 0.6 is 0 Å². The Morgan fingerprint density at radius 2 is 1.79 bits per heavy atom. The highest BCUT2D eigenvalue weighted by Crippen LogP contribution is 2.57. The summed E-state index contributed by atoms with van der Waals surface area (Å²) >= 11 is 0. The van der Waals surface area contributed by atoms with Gasteiger partial charge in [0.2, 0.25) is 11.8 Å². The molecule has 1 spiro atoms. The summed E-state index contributed by atoms with van der Waals surface area (Å²) in [7, 11) is 1.70. The molecular weight excluding hydrogens is 494 g/mol. The van der Waals surface area contributed by atoms with Gasteiger partial charge < -0.3 is 20.7 Å². The first-order valence-corrected chi connectivity index (χ1v) is 13.5. The molecule has 2 aliphatic heterocycles. The van der Waals surface area contributed by atoms with E-state index in [1.165, 1.54) is 4.68 Å². The lowest BCUT2D eigenvalue weighted by molar-refractivity contribution is -0.124. The summed E-state index contributed by atoms with van der Waals surface area (Å²) in [6.07, 6.45) is 4.77. The number of amides is 3. The number of hydrogen-bond donors (Lipinski definition) is 3. The van der Waals surface area contributed by atoms with Crippen LogP contribution in [0.25, 0.3) is 0 Å². The Labute approximate surface area is 227 Å². The van der Waals surface area contributed by atoms with Crippen molar-refractivity contribution in [1.29, 1.82) is 0 Å². The highest BCUT2D eigenvalue weighted by atomic mass is 16.5. The van der Waals surface area contributed by atoms with Crippen molar-refractivity contribution in [2.75, 3.05) is 23.8 Å². The molecule has 3 aromatic rings. The Morgan fingerprint density at radius 3 is 2.46 bits per heavy atom. The quantitative estimate of drug-likeness (QED) is 0.433. The first kappa shape index (κ1) is 25.3. The van der Waals surface area contributed by atoms with Gasteiger partial charge in [-0.2, -0.15) is 5.10 Å². The predicted molar refractivity (Wildman–Crippen MR) is 146 cm³/mol. The number of aromatic nitrogens is 2. The number of nitrogens with zero attached hydrogens (tertiary/aromatic N) is 2. The number of benzene rings is 2. The van der Waals surface area contributed by atoms with Gasteiger partial charge in [0.15, 0.2) is 0 Å². The summed E-state index contributed by atoms with van der Waals surface area (Å²) in [6, 6.07) is 16.3. The molecule has 202 valence electrons. The Balaban J connectivity index is 1.31. The summed E-state index contributed by atoms with van der Waals surface area (Å²) < 4.78 is 7.00. The molecular formula is C30H33N5O4. The predicted octanol–water partition coefficient (Wildman–Crippen LogP) is 3.74. The molecule has 0 bridgehead atoms. The molecule has 3 aliphatic rings. The van der Waals surface area contributed by atoms with Crippen LogP contribution in [0.1, 0.15) is 60.1 Å². The topological polar surface area (TPSA) is 114 Å². The molecule has 0 radical (unpaired) electrons. The zero-order chi connectivity index (χ0) is 27.2. The van der Waals surface area contributed by atoms with E-state index < -0.39 is 11.5 Å². The van der Waals surface area contributed by atoms with Gasteiger partial charge in [0.1, 0.15) is 11.7 Å². The maximum Gasteiger partial charge on any atom is 0.270 e. The van der Waals surface area contributed by atoms with Crippen molar-refractivity contribution < 1.29 is 19.1 Å². The minimum atomic E-state index is -0.827. The third kappa shape index (κ3) is 4.50. The fourth-order valence-electron chi connectivity index (χ4n) is 6.22. The minimum absolute atomic E-state index is 0.0172. The zero-order valence-electron chi connectivity index (χ0n) is 22.2. The van der Waals surface area contributed by atoms with Crippen LogP contribution in [-0.2, 0) is 26.8 Å². The van der Waals surface area contributed by atoms with Crippen LogP contribution in [-0.4, -0.2) is 46.8 Å². The molecule has 9 nitrogen and oxygen atoms in total. The van der Waals surface area contributed by atoms with Crippen LogP contribution in [0.4, 0.5) is 11.4 Å². The second kappa shape index (κ2) is 9.64. The Kier molecular flexibility index (Phi) is 6.26. The summed E-state index contributed by atoms with van der Waals surface area (Å²) in [6.45, 7) is 3.26. The van der Waals surface area contributed by atoms with Gasteiger partial charge in [-0.3, -0.25) is 19.1 Å². The lowest BCUT2D eigenvalue weighted by atomic mass is 9.75. The molecule has 2 fully saturated rings. The molecule has 3 amide bonds. The molecule has 39 heavy (non-hydrogen) atoms. The van der Waals surface area contributed by atoms with Crippen molar-refractivity contribution in [3.63, 3.8) is 0 Å². The van der Waals surface area contributed by atoms with E-state index in [-0.39, 0.29) is 29.1 Å². The number of nitrogens with one attached hydrogen (secondary N) is 3. The lowest BCUT2D eigenvalue weighted by Crippen LogP contribution is -2.50. The van der Waals surface area contributed by atoms with Gasteiger partial charge >= 0.3 is 0 Å². The molecule has 6 rings (SSSR count). The number of ether oxygens (including phenoxy) is 1. The smallest absolute Gasteiger partial charge is 0.270 e. The van der Waals surface area contributed by atoms with Crippen molar-refractivity contribution in [2.45, 2.75) is 50.0 Å². The largest absolute Gasteiger partial charge is 0.381 e. The van der Waals surface area contributed by atoms with Gasteiger partial charge in [0.25, 0.3) is 5.91 Å². The van der Waals surface area contributed by atoms with Gasteiger partial charge in [-0.1, -0.05) is 43.3 Å². The van der Waals surface area contributed by atoms with E-state index in [0.29, 0.717) is 43.1 Å². The molecule has 9 heteroatoms. The average Bonchev–Trinajstić information content (AvgIpc) is 3.43. The fourth-order valence-corrected chi connectivity index (χ4v) is 6.22. The van der Waals surface area contributed by atoms with Gasteiger partial charge in [0, 0.05) is 43.8 Å². The van der Waals surface area contributed by atoms with E-state index in [1.54, 1.807) is 19.3 Å². The Morgan fingerprint density at radius 1 is 1.05 bits per heavy atom. The van der Waals surface area contributed by atoms with Crippen LogP contribution in [0.2, 0.25) is 0 Å². The van der Waals surface area contributed by atoms with E-state index in [0.717, 1.165) is 24.0 Å². The fraction of sp³-hybridized carbons (Fsp3) is 0.400.